The van der Waals surface area contributed by atoms with Gasteiger partial charge in [-0.2, -0.15) is 0 Å². The summed E-state index contributed by atoms with van der Waals surface area (Å²) in [6.07, 6.45) is 1.20. The van der Waals surface area contributed by atoms with Crippen molar-refractivity contribution < 1.29 is 4.42 Å². The van der Waals surface area contributed by atoms with Gasteiger partial charge in [0.05, 0.1) is 0 Å². The Bertz CT molecular complexity index is 993. The third-order valence-electron chi connectivity index (χ3n) is 5.12. The van der Waals surface area contributed by atoms with Gasteiger partial charge in [0.15, 0.2) is 0 Å². The van der Waals surface area contributed by atoms with Crippen LogP contribution in [0.5, 0.6) is 0 Å². The molecule has 0 saturated carbocycles. The maximum absolute atomic E-state index is 11.5. The lowest BCUT2D eigenvalue weighted by atomic mass is 10.1. The number of hydrogen-bond donors (Lipinski definition) is 0. The van der Waals surface area contributed by atoms with Gasteiger partial charge in [-0.25, -0.2) is 4.79 Å². The van der Waals surface area contributed by atoms with Crippen molar-refractivity contribution in [3.8, 4) is 0 Å². The van der Waals surface area contributed by atoms with Gasteiger partial charge in [0.2, 0.25) is 0 Å². The highest BCUT2D eigenvalue weighted by Crippen LogP contribution is 2.25. The van der Waals surface area contributed by atoms with Crippen molar-refractivity contribution in [2.75, 3.05) is 36.8 Å². The lowest BCUT2D eigenvalue weighted by molar-refractivity contribution is 0.250. The molecule has 4 rings (SSSR count). The molecule has 1 aromatic heterocycles. The second kappa shape index (κ2) is 8.84. The van der Waals surface area contributed by atoms with E-state index in [-0.39, 0.29) is 5.63 Å². The van der Waals surface area contributed by atoms with E-state index in [0.717, 1.165) is 38.1 Å². The molecule has 0 radical (unpaired) electrons. The number of rotatable bonds is 6. The molecular weight excluding hydrogens is 368 g/mol. The zero-order chi connectivity index (χ0) is 19.3. The molecule has 1 aliphatic heterocycles. The van der Waals surface area contributed by atoms with Crippen LogP contribution < -0.4 is 10.5 Å². The fourth-order valence-electron chi connectivity index (χ4n) is 3.62. The van der Waals surface area contributed by atoms with E-state index >= 15 is 0 Å². The van der Waals surface area contributed by atoms with Gasteiger partial charge < -0.3 is 9.32 Å². The van der Waals surface area contributed by atoms with Crippen molar-refractivity contribution in [3.05, 3.63) is 70.6 Å². The molecule has 0 aliphatic carbocycles. The summed E-state index contributed by atoms with van der Waals surface area (Å²) in [4.78, 5) is 17.8. The van der Waals surface area contributed by atoms with Crippen LogP contribution >= 0.6 is 11.8 Å². The van der Waals surface area contributed by atoms with Crippen LogP contribution in [0.3, 0.4) is 0 Å². The lowest BCUT2D eigenvalue weighted by Crippen LogP contribution is -2.45. The predicted octanol–water partition coefficient (Wildman–Crippen LogP) is 4.62. The van der Waals surface area contributed by atoms with Gasteiger partial charge in [0, 0.05) is 54.8 Å². The van der Waals surface area contributed by atoms with E-state index in [2.05, 4.69) is 47.1 Å². The number of piperazine rings is 1. The maximum atomic E-state index is 11.5. The first kappa shape index (κ1) is 19.1. The van der Waals surface area contributed by atoms with Gasteiger partial charge in [-0.3, -0.25) is 4.90 Å². The van der Waals surface area contributed by atoms with E-state index in [9.17, 15) is 4.79 Å². The second-order valence-electron chi connectivity index (χ2n) is 7.24. The Kier molecular flexibility index (Phi) is 6.03. The molecule has 0 N–H and O–H groups in total. The molecule has 0 spiro atoms. The topological polar surface area (TPSA) is 36.7 Å². The minimum Gasteiger partial charge on any atom is -0.423 e. The summed E-state index contributed by atoms with van der Waals surface area (Å²) < 4.78 is 5.32. The van der Waals surface area contributed by atoms with Gasteiger partial charge in [0.25, 0.3) is 0 Å². The Morgan fingerprint density at radius 2 is 1.82 bits per heavy atom. The molecule has 0 atom stereocenters. The second-order valence-corrected chi connectivity index (χ2v) is 8.40. The Labute approximate surface area is 170 Å². The van der Waals surface area contributed by atoms with E-state index < -0.39 is 0 Å². The van der Waals surface area contributed by atoms with Gasteiger partial charge >= 0.3 is 5.63 Å². The van der Waals surface area contributed by atoms with Crippen molar-refractivity contribution >= 4 is 28.4 Å². The van der Waals surface area contributed by atoms with Gasteiger partial charge in [-0.05, 0) is 48.1 Å². The van der Waals surface area contributed by atoms with Crippen LogP contribution in [0.15, 0.2) is 68.7 Å². The van der Waals surface area contributed by atoms with E-state index in [1.165, 1.54) is 34.4 Å². The smallest absolute Gasteiger partial charge is 0.336 e. The molecule has 1 fully saturated rings. The number of benzene rings is 2. The molecule has 2 aromatic carbocycles. The summed E-state index contributed by atoms with van der Waals surface area (Å²) in [5.74, 6) is 1.17. The minimum absolute atomic E-state index is 0.294. The standard InChI is InChI=1S/C23H26N2O2S/c1-2-14-28-21-5-3-4-20(16-21)25-12-10-24(11-13-25)17-18-6-7-19-8-9-23(26)27-22(19)15-18/h3-9,15-16H,2,10-14,17H2,1H3. The fraction of sp³-hybridized carbons (Fsp3) is 0.348. The number of anilines is 1. The molecule has 5 heteroatoms. The first-order chi connectivity index (χ1) is 13.7. The Hall–Kier alpha value is -2.24. The molecule has 28 heavy (non-hydrogen) atoms. The summed E-state index contributed by atoms with van der Waals surface area (Å²) in [5, 5.41) is 0.967. The van der Waals surface area contributed by atoms with E-state index in [0.29, 0.717) is 5.58 Å². The number of fused-ring (bicyclic) bond motifs is 1. The molecule has 1 saturated heterocycles. The van der Waals surface area contributed by atoms with Crippen molar-refractivity contribution in [2.24, 2.45) is 0 Å². The maximum Gasteiger partial charge on any atom is 0.336 e. The van der Waals surface area contributed by atoms with Gasteiger partial charge in [0.1, 0.15) is 5.58 Å². The summed E-state index contributed by atoms with van der Waals surface area (Å²) in [5.41, 5.74) is 2.89. The highest BCUT2D eigenvalue weighted by Gasteiger charge is 2.18. The zero-order valence-electron chi connectivity index (χ0n) is 16.3. The number of thioether (sulfide) groups is 1. The average Bonchev–Trinajstić information content (AvgIpc) is 2.73. The molecule has 1 aliphatic rings. The molecule has 2 heterocycles. The normalized spacial score (nSPS) is 15.2. The van der Waals surface area contributed by atoms with Crippen LogP contribution in [0, 0.1) is 0 Å². The fourth-order valence-corrected chi connectivity index (χ4v) is 4.43. The Morgan fingerprint density at radius 1 is 1.00 bits per heavy atom. The van der Waals surface area contributed by atoms with Crippen LogP contribution in [0.25, 0.3) is 11.0 Å². The summed E-state index contributed by atoms with van der Waals surface area (Å²) in [7, 11) is 0. The number of nitrogens with zero attached hydrogens (tertiary/aromatic N) is 2. The van der Waals surface area contributed by atoms with Crippen LogP contribution in [-0.2, 0) is 6.54 Å². The van der Waals surface area contributed by atoms with Crippen LogP contribution in [0.1, 0.15) is 18.9 Å². The summed E-state index contributed by atoms with van der Waals surface area (Å²) in [6, 6.07) is 18.4. The quantitative estimate of drug-likeness (QED) is 0.450. The molecule has 146 valence electrons. The van der Waals surface area contributed by atoms with Crippen molar-refractivity contribution in [3.63, 3.8) is 0 Å². The monoisotopic (exact) mass is 394 g/mol. The first-order valence-electron chi connectivity index (χ1n) is 9.94. The zero-order valence-corrected chi connectivity index (χ0v) is 17.1. The highest BCUT2D eigenvalue weighted by molar-refractivity contribution is 7.99. The largest absolute Gasteiger partial charge is 0.423 e. The molecule has 0 unspecified atom stereocenters. The number of hydrogen-bond acceptors (Lipinski definition) is 5. The SMILES string of the molecule is CCCSc1cccc(N2CCN(Cc3ccc4ccc(=O)oc4c3)CC2)c1. The third-order valence-corrected chi connectivity index (χ3v) is 6.32. The van der Waals surface area contributed by atoms with Gasteiger partial charge in [-0.15, -0.1) is 11.8 Å². The van der Waals surface area contributed by atoms with E-state index in [1.807, 2.05) is 30.0 Å². The third kappa shape index (κ3) is 4.59. The van der Waals surface area contributed by atoms with Crippen LogP contribution in [0.4, 0.5) is 5.69 Å². The van der Waals surface area contributed by atoms with Crippen molar-refractivity contribution in [2.45, 2.75) is 24.8 Å². The summed E-state index contributed by atoms with van der Waals surface area (Å²) in [6.45, 7) is 7.23. The Morgan fingerprint density at radius 3 is 2.64 bits per heavy atom. The van der Waals surface area contributed by atoms with Crippen LogP contribution in [0.2, 0.25) is 0 Å². The van der Waals surface area contributed by atoms with Crippen LogP contribution in [-0.4, -0.2) is 36.8 Å². The van der Waals surface area contributed by atoms with Crippen molar-refractivity contribution in [1.29, 1.82) is 0 Å². The Balaban J connectivity index is 1.37. The predicted molar refractivity (Wildman–Crippen MR) is 117 cm³/mol. The minimum atomic E-state index is -0.294. The highest BCUT2D eigenvalue weighted by atomic mass is 32.2. The molecule has 0 amide bonds. The van der Waals surface area contributed by atoms with E-state index in [4.69, 9.17) is 4.42 Å². The molecule has 4 nitrogen and oxygen atoms in total. The van der Waals surface area contributed by atoms with Gasteiger partial charge in [-0.1, -0.05) is 25.1 Å². The summed E-state index contributed by atoms with van der Waals surface area (Å²) >= 11 is 1.93. The van der Waals surface area contributed by atoms with Crippen molar-refractivity contribution in [1.82, 2.24) is 4.90 Å². The van der Waals surface area contributed by atoms with E-state index in [1.54, 1.807) is 0 Å². The lowest BCUT2D eigenvalue weighted by Gasteiger charge is -2.36. The molecule has 0 bridgehead atoms. The average molecular weight is 395 g/mol. The molecule has 3 aromatic rings. The first-order valence-corrected chi connectivity index (χ1v) is 10.9. The molecular formula is C23H26N2O2S.